The molecule has 1 aliphatic heterocycles. The molecule has 5 heteroatoms. The zero-order chi connectivity index (χ0) is 14.8. The molecule has 20 heavy (non-hydrogen) atoms. The second kappa shape index (κ2) is 9.77. The predicted molar refractivity (Wildman–Crippen MR) is 85.3 cm³/mol. The van der Waals surface area contributed by atoms with Gasteiger partial charge in [0.2, 0.25) is 0 Å². The molecule has 0 aromatic heterocycles. The lowest BCUT2D eigenvalue weighted by atomic mass is 10.3. The summed E-state index contributed by atoms with van der Waals surface area (Å²) in [5.74, 6) is 0.966. The molecule has 1 fully saturated rings. The number of likely N-dealkylation sites (N-methyl/N-ethyl adjacent to an activating group) is 1. The molecule has 0 radical (unpaired) electrons. The standard InChI is InChI=1S/C15H30N4O/c1-5-7-8-9-19(4)15(16-6-2)17-12-14-13-18(3)10-11-20-14/h5,14H,1,6-13H2,2-4H3,(H,16,17). The molecular formula is C15H30N4O. The highest BCUT2D eigenvalue weighted by Crippen LogP contribution is 2.04. The van der Waals surface area contributed by atoms with E-state index in [4.69, 9.17) is 9.73 Å². The minimum absolute atomic E-state index is 0.212. The van der Waals surface area contributed by atoms with Crippen LogP contribution >= 0.6 is 0 Å². The van der Waals surface area contributed by atoms with Crippen LogP contribution in [0.3, 0.4) is 0 Å². The molecule has 0 saturated carbocycles. The number of hydrogen-bond donors (Lipinski definition) is 1. The van der Waals surface area contributed by atoms with Gasteiger partial charge < -0.3 is 19.9 Å². The highest BCUT2D eigenvalue weighted by atomic mass is 16.5. The van der Waals surface area contributed by atoms with Crippen molar-refractivity contribution in [2.45, 2.75) is 25.9 Å². The van der Waals surface area contributed by atoms with Crippen LogP contribution in [0.25, 0.3) is 0 Å². The number of aliphatic imine (C=N–C) groups is 1. The molecule has 0 aliphatic carbocycles. The largest absolute Gasteiger partial charge is 0.374 e. The van der Waals surface area contributed by atoms with Gasteiger partial charge in [0.15, 0.2) is 5.96 Å². The predicted octanol–water partition coefficient (Wildman–Crippen LogP) is 1.18. The van der Waals surface area contributed by atoms with E-state index in [9.17, 15) is 0 Å². The summed E-state index contributed by atoms with van der Waals surface area (Å²) in [5.41, 5.74) is 0. The maximum absolute atomic E-state index is 5.75. The third-order valence-corrected chi connectivity index (χ3v) is 3.38. The number of rotatable bonds is 7. The van der Waals surface area contributed by atoms with Gasteiger partial charge in [-0.15, -0.1) is 6.58 Å². The van der Waals surface area contributed by atoms with Crippen molar-refractivity contribution in [1.29, 1.82) is 0 Å². The first-order chi connectivity index (χ1) is 9.67. The van der Waals surface area contributed by atoms with Crippen molar-refractivity contribution in [3.05, 3.63) is 12.7 Å². The van der Waals surface area contributed by atoms with Gasteiger partial charge in [-0.05, 0) is 26.8 Å². The zero-order valence-electron chi connectivity index (χ0n) is 13.3. The lowest BCUT2D eigenvalue weighted by Gasteiger charge is -2.29. The number of nitrogens with zero attached hydrogens (tertiary/aromatic N) is 3. The van der Waals surface area contributed by atoms with Crippen molar-refractivity contribution >= 4 is 5.96 Å². The van der Waals surface area contributed by atoms with Crippen molar-refractivity contribution in [3.63, 3.8) is 0 Å². The van der Waals surface area contributed by atoms with Crippen LogP contribution in [0.2, 0.25) is 0 Å². The Bertz CT molecular complexity index is 306. The van der Waals surface area contributed by atoms with Gasteiger partial charge in [-0.3, -0.25) is 4.99 Å². The van der Waals surface area contributed by atoms with E-state index < -0.39 is 0 Å². The summed E-state index contributed by atoms with van der Waals surface area (Å²) < 4.78 is 5.75. The molecule has 1 aliphatic rings. The molecule has 0 aromatic rings. The highest BCUT2D eigenvalue weighted by Gasteiger charge is 2.17. The van der Waals surface area contributed by atoms with Gasteiger partial charge in [-0.2, -0.15) is 0 Å². The molecule has 1 N–H and O–H groups in total. The molecule has 1 unspecified atom stereocenters. The highest BCUT2D eigenvalue weighted by molar-refractivity contribution is 5.79. The Morgan fingerprint density at radius 3 is 3.05 bits per heavy atom. The molecule has 1 atom stereocenters. The maximum Gasteiger partial charge on any atom is 0.193 e. The van der Waals surface area contributed by atoms with Crippen molar-refractivity contribution in [1.82, 2.24) is 15.1 Å². The van der Waals surface area contributed by atoms with Crippen LogP contribution in [0.5, 0.6) is 0 Å². The van der Waals surface area contributed by atoms with E-state index >= 15 is 0 Å². The number of ether oxygens (including phenoxy) is 1. The lowest BCUT2D eigenvalue weighted by Crippen LogP contribution is -2.43. The van der Waals surface area contributed by atoms with E-state index in [1.54, 1.807) is 0 Å². The number of nitrogens with one attached hydrogen (secondary N) is 1. The fourth-order valence-electron chi connectivity index (χ4n) is 2.21. The van der Waals surface area contributed by atoms with Crippen LogP contribution in [-0.4, -0.2) is 75.3 Å². The van der Waals surface area contributed by atoms with Crippen molar-refractivity contribution in [3.8, 4) is 0 Å². The summed E-state index contributed by atoms with van der Waals surface area (Å²) >= 11 is 0. The molecule has 116 valence electrons. The van der Waals surface area contributed by atoms with Gasteiger partial charge >= 0.3 is 0 Å². The van der Waals surface area contributed by atoms with Crippen LogP contribution in [-0.2, 0) is 4.74 Å². The minimum atomic E-state index is 0.212. The Hall–Kier alpha value is -1.07. The van der Waals surface area contributed by atoms with Gasteiger partial charge in [-0.1, -0.05) is 6.08 Å². The number of allylic oxidation sites excluding steroid dienone is 1. The normalized spacial score (nSPS) is 20.8. The maximum atomic E-state index is 5.75. The molecular weight excluding hydrogens is 252 g/mol. The Morgan fingerprint density at radius 2 is 2.40 bits per heavy atom. The molecule has 0 aromatic carbocycles. The summed E-state index contributed by atoms with van der Waals surface area (Å²) in [7, 11) is 4.21. The average molecular weight is 282 g/mol. The molecule has 1 rings (SSSR count). The SMILES string of the molecule is C=CCCCN(C)C(=NCC1CN(C)CCO1)NCC. The van der Waals surface area contributed by atoms with Gasteiger partial charge in [0.25, 0.3) is 0 Å². The van der Waals surface area contributed by atoms with Gasteiger partial charge in [-0.25, -0.2) is 0 Å². The minimum Gasteiger partial charge on any atom is -0.374 e. The number of morpholine rings is 1. The Balaban J connectivity index is 2.45. The van der Waals surface area contributed by atoms with Crippen LogP contribution in [0.1, 0.15) is 19.8 Å². The van der Waals surface area contributed by atoms with Gasteiger partial charge in [0, 0.05) is 33.2 Å². The third kappa shape index (κ3) is 6.39. The lowest BCUT2D eigenvalue weighted by molar-refractivity contribution is -0.0137. The molecule has 1 heterocycles. The van der Waals surface area contributed by atoms with Gasteiger partial charge in [0.05, 0.1) is 19.3 Å². The molecule has 0 bridgehead atoms. The Kier molecular flexibility index (Phi) is 8.30. The van der Waals surface area contributed by atoms with E-state index in [0.717, 1.165) is 58.1 Å². The van der Waals surface area contributed by atoms with E-state index in [1.165, 1.54) is 0 Å². The number of guanidine groups is 1. The van der Waals surface area contributed by atoms with E-state index in [0.29, 0.717) is 0 Å². The van der Waals surface area contributed by atoms with Crippen molar-refractivity contribution < 1.29 is 4.74 Å². The first-order valence-corrected chi connectivity index (χ1v) is 7.57. The molecule has 0 amide bonds. The third-order valence-electron chi connectivity index (χ3n) is 3.38. The second-order valence-corrected chi connectivity index (χ2v) is 5.30. The number of unbranched alkanes of at least 4 members (excludes halogenated alkanes) is 1. The summed E-state index contributed by atoms with van der Waals surface area (Å²) in [6, 6.07) is 0. The second-order valence-electron chi connectivity index (χ2n) is 5.30. The van der Waals surface area contributed by atoms with Crippen LogP contribution in [0.4, 0.5) is 0 Å². The summed E-state index contributed by atoms with van der Waals surface area (Å²) in [4.78, 5) is 9.18. The Morgan fingerprint density at radius 1 is 1.60 bits per heavy atom. The first kappa shape index (κ1) is 17.0. The van der Waals surface area contributed by atoms with Gasteiger partial charge in [0.1, 0.15) is 0 Å². The fourth-order valence-corrected chi connectivity index (χ4v) is 2.21. The monoisotopic (exact) mass is 282 g/mol. The summed E-state index contributed by atoms with van der Waals surface area (Å²) in [6.07, 6.45) is 4.32. The molecule has 1 saturated heterocycles. The summed E-state index contributed by atoms with van der Waals surface area (Å²) in [6.45, 7) is 11.2. The molecule has 5 nitrogen and oxygen atoms in total. The van der Waals surface area contributed by atoms with Crippen LogP contribution in [0, 0.1) is 0 Å². The smallest absolute Gasteiger partial charge is 0.193 e. The van der Waals surface area contributed by atoms with Crippen LogP contribution < -0.4 is 5.32 Å². The van der Waals surface area contributed by atoms with E-state index in [-0.39, 0.29) is 6.10 Å². The summed E-state index contributed by atoms with van der Waals surface area (Å²) in [5, 5.41) is 3.34. The average Bonchev–Trinajstić information content (AvgIpc) is 2.43. The number of hydrogen-bond acceptors (Lipinski definition) is 3. The van der Waals surface area contributed by atoms with Crippen molar-refractivity contribution in [2.24, 2.45) is 4.99 Å². The first-order valence-electron chi connectivity index (χ1n) is 7.57. The van der Waals surface area contributed by atoms with Crippen LogP contribution in [0.15, 0.2) is 17.6 Å². The van der Waals surface area contributed by atoms with E-state index in [2.05, 4.69) is 42.7 Å². The van der Waals surface area contributed by atoms with Crippen molar-refractivity contribution in [2.75, 3.05) is 53.4 Å². The van der Waals surface area contributed by atoms with E-state index in [1.807, 2.05) is 6.08 Å². The topological polar surface area (TPSA) is 40.1 Å². The quantitative estimate of drug-likeness (QED) is 0.329. The zero-order valence-corrected chi connectivity index (χ0v) is 13.3. The Labute approximate surface area is 123 Å². The fraction of sp³-hybridized carbons (Fsp3) is 0.800. The molecule has 0 spiro atoms.